The van der Waals surface area contributed by atoms with Gasteiger partial charge in [-0.15, -0.1) is 24.8 Å². The van der Waals surface area contributed by atoms with Crippen LogP contribution < -0.4 is 10.5 Å². The Morgan fingerprint density at radius 3 is 2.39 bits per heavy atom. The number of methoxy groups -OCH3 is 1. The van der Waals surface area contributed by atoms with Crippen molar-refractivity contribution in [1.29, 1.82) is 0 Å². The van der Waals surface area contributed by atoms with Gasteiger partial charge in [0.15, 0.2) is 0 Å². The van der Waals surface area contributed by atoms with Gasteiger partial charge in [-0.05, 0) is 67.2 Å². The van der Waals surface area contributed by atoms with Gasteiger partial charge in [0.25, 0.3) is 0 Å². The van der Waals surface area contributed by atoms with Gasteiger partial charge in [0.05, 0.1) is 7.11 Å². The largest absolute Gasteiger partial charge is 0.497 e. The third kappa shape index (κ3) is 3.48. The second-order valence-electron chi connectivity index (χ2n) is 7.16. The molecule has 1 aromatic carbocycles. The zero-order valence-corrected chi connectivity index (χ0v) is 15.4. The van der Waals surface area contributed by atoms with E-state index in [4.69, 9.17) is 10.5 Å². The molecule has 0 aromatic heterocycles. The first kappa shape index (κ1) is 18.9. The van der Waals surface area contributed by atoms with Gasteiger partial charge in [-0.3, -0.25) is 4.90 Å². The minimum absolute atomic E-state index is 0. The topological polar surface area (TPSA) is 38.5 Å². The summed E-state index contributed by atoms with van der Waals surface area (Å²) in [5.41, 5.74) is 9.35. The summed E-state index contributed by atoms with van der Waals surface area (Å²) in [4.78, 5) is 2.75. The average Bonchev–Trinajstić information content (AvgIpc) is 2.75. The number of rotatable bonds is 2. The van der Waals surface area contributed by atoms with E-state index in [1.807, 2.05) is 0 Å². The van der Waals surface area contributed by atoms with Gasteiger partial charge >= 0.3 is 0 Å². The van der Waals surface area contributed by atoms with Crippen molar-refractivity contribution in [3.63, 3.8) is 0 Å². The fourth-order valence-corrected chi connectivity index (χ4v) is 4.75. The molecule has 0 spiro atoms. The van der Waals surface area contributed by atoms with Crippen molar-refractivity contribution >= 4 is 24.8 Å². The molecule has 1 saturated heterocycles. The first-order valence-corrected chi connectivity index (χ1v) is 8.40. The molecule has 2 unspecified atom stereocenters. The molecule has 130 valence electrons. The van der Waals surface area contributed by atoms with Crippen LogP contribution in [0.1, 0.15) is 30.4 Å². The van der Waals surface area contributed by atoms with Gasteiger partial charge in [0.2, 0.25) is 0 Å². The minimum Gasteiger partial charge on any atom is -0.497 e. The highest BCUT2D eigenvalue weighted by atomic mass is 35.5. The lowest BCUT2D eigenvalue weighted by Crippen LogP contribution is -2.53. The van der Waals surface area contributed by atoms with E-state index in [0.29, 0.717) is 6.04 Å². The fourth-order valence-electron chi connectivity index (χ4n) is 4.75. The van der Waals surface area contributed by atoms with Gasteiger partial charge < -0.3 is 10.5 Å². The molecular weight excluding hydrogens is 331 g/mol. The highest BCUT2D eigenvalue weighted by Crippen LogP contribution is 2.38. The highest BCUT2D eigenvalue weighted by Gasteiger charge is 2.41. The minimum atomic E-state index is 0. The lowest BCUT2D eigenvalue weighted by Gasteiger charge is -2.42. The Morgan fingerprint density at radius 2 is 1.74 bits per heavy atom. The van der Waals surface area contributed by atoms with E-state index in [1.54, 1.807) is 7.11 Å². The zero-order valence-electron chi connectivity index (χ0n) is 13.7. The first-order chi connectivity index (χ1) is 10.2. The summed E-state index contributed by atoms with van der Waals surface area (Å²) in [6.07, 6.45) is 6.38. The SMILES string of the molecule is COc1ccc2c(c1)CCC(N1C[C@H]3CC[C@@H](C1)C3N)C2.Cl.Cl. The quantitative estimate of drug-likeness (QED) is 0.882. The van der Waals surface area contributed by atoms with Crippen LogP contribution >= 0.6 is 24.8 Å². The van der Waals surface area contributed by atoms with Crippen molar-refractivity contribution in [2.75, 3.05) is 20.2 Å². The van der Waals surface area contributed by atoms with E-state index in [9.17, 15) is 0 Å². The van der Waals surface area contributed by atoms with Crippen LogP contribution in [0.4, 0.5) is 0 Å². The molecule has 3 nitrogen and oxygen atoms in total. The van der Waals surface area contributed by atoms with E-state index in [1.165, 1.54) is 56.3 Å². The summed E-state index contributed by atoms with van der Waals surface area (Å²) in [7, 11) is 1.75. The van der Waals surface area contributed by atoms with Crippen molar-refractivity contribution in [1.82, 2.24) is 4.90 Å². The maximum absolute atomic E-state index is 6.34. The highest BCUT2D eigenvalue weighted by molar-refractivity contribution is 5.85. The smallest absolute Gasteiger partial charge is 0.119 e. The van der Waals surface area contributed by atoms with Crippen molar-refractivity contribution < 1.29 is 4.74 Å². The number of fused-ring (bicyclic) bond motifs is 3. The summed E-state index contributed by atoms with van der Waals surface area (Å²) in [5.74, 6) is 2.50. The van der Waals surface area contributed by atoms with Crippen LogP contribution in [0.5, 0.6) is 5.75 Å². The number of hydrogen-bond donors (Lipinski definition) is 1. The summed E-state index contributed by atoms with van der Waals surface area (Å²) in [6.45, 7) is 2.46. The lowest BCUT2D eigenvalue weighted by molar-refractivity contribution is 0.0934. The second-order valence-corrected chi connectivity index (χ2v) is 7.16. The molecule has 2 N–H and O–H groups in total. The maximum atomic E-state index is 6.34. The monoisotopic (exact) mass is 358 g/mol. The van der Waals surface area contributed by atoms with Crippen molar-refractivity contribution in [3.05, 3.63) is 29.3 Å². The molecule has 1 saturated carbocycles. The molecular formula is C18H28Cl2N2O. The van der Waals surface area contributed by atoms with Crippen LogP contribution in [0.3, 0.4) is 0 Å². The Hall–Kier alpha value is -0.480. The Morgan fingerprint density at radius 1 is 1.04 bits per heavy atom. The van der Waals surface area contributed by atoms with Gasteiger partial charge in [-0.1, -0.05) is 6.07 Å². The number of hydrogen-bond acceptors (Lipinski definition) is 3. The summed E-state index contributed by atoms with van der Waals surface area (Å²) in [5, 5.41) is 0. The Kier molecular flexibility index (Phi) is 6.23. The zero-order chi connectivity index (χ0) is 14.4. The number of aryl methyl sites for hydroxylation is 1. The number of halogens is 2. The van der Waals surface area contributed by atoms with Crippen LogP contribution in [0.15, 0.2) is 18.2 Å². The number of nitrogens with zero attached hydrogens (tertiary/aromatic N) is 1. The van der Waals surface area contributed by atoms with Gasteiger partial charge in [0.1, 0.15) is 5.75 Å². The van der Waals surface area contributed by atoms with Crippen LogP contribution in [-0.2, 0) is 12.8 Å². The molecule has 0 radical (unpaired) electrons. The Bertz CT molecular complexity index is 526. The Labute approximate surface area is 151 Å². The molecule has 1 heterocycles. The molecule has 1 aromatic rings. The maximum Gasteiger partial charge on any atom is 0.119 e. The number of likely N-dealkylation sites (tertiary alicyclic amines) is 1. The first-order valence-electron chi connectivity index (χ1n) is 8.40. The molecule has 23 heavy (non-hydrogen) atoms. The van der Waals surface area contributed by atoms with E-state index >= 15 is 0 Å². The number of benzene rings is 1. The molecule has 1 aliphatic heterocycles. The number of ether oxygens (including phenoxy) is 1. The summed E-state index contributed by atoms with van der Waals surface area (Å²) < 4.78 is 5.35. The van der Waals surface area contributed by atoms with Gasteiger partial charge in [0, 0.05) is 25.2 Å². The van der Waals surface area contributed by atoms with Crippen LogP contribution in [0.2, 0.25) is 0 Å². The van der Waals surface area contributed by atoms with Crippen LogP contribution in [-0.4, -0.2) is 37.2 Å². The molecule has 3 aliphatic rings. The normalized spacial score (nSPS) is 32.4. The predicted octanol–water partition coefficient (Wildman–Crippen LogP) is 3.07. The van der Waals surface area contributed by atoms with E-state index < -0.39 is 0 Å². The standard InChI is InChI=1S/C18H26N2O.2ClH/c1-21-17-7-5-12-8-16(6-4-13(12)9-17)20-10-14-2-3-15(11-20)18(14)19;;/h5,7,9,14-16,18H,2-4,6,8,10-11,19H2,1H3;2*1H/t14-,15+,16?,18?;;. The average molecular weight is 359 g/mol. The molecule has 4 rings (SSSR count). The van der Waals surface area contributed by atoms with Crippen LogP contribution in [0.25, 0.3) is 0 Å². The van der Waals surface area contributed by atoms with Crippen molar-refractivity contribution in [2.24, 2.45) is 17.6 Å². The summed E-state index contributed by atoms with van der Waals surface area (Å²) >= 11 is 0. The molecule has 0 amide bonds. The van der Waals surface area contributed by atoms with E-state index in [0.717, 1.165) is 23.6 Å². The second kappa shape index (κ2) is 7.60. The molecule has 4 atom stereocenters. The van der Waals surface area contributed by atoms with Gasteiger partial charge in [-0.25, -0.2) is 0 Å². The van der Waals surface area contributed by atoms with Crippen LogP contribution in [0, 0.1) is 11.8 Å². The number of piperidine rings is 1. The predicted molar refractivity (Wildman–Crippen MR) is 99.1 cm³/mol. The molecule has 2 aliphatic carbocycles. The van der Waals surface area contributed by atoms with Crippen molar-refractivity contribution in [2.45, 2.75) is 44.2 Å². The number of nitrogens with two attached hydrogens (primary N) is 1. The van der Waals surface area contributed by atoms with E-state index in [2.05, 4.69) is 23.1 Å². The van der Waals surface area contributed by atoms with E-state index in [-0.39, 0.29) is 24.8 Å². The molecule has 2 bridgehead atoms. The molecule has 2 fully saturated rings. The third-order valence-electron chi connectivity index (χ3n) is 6.07. The molecule has 5 heteroatoms. The fraction of sp³-hybridized carbons (Fsp3) is 0.667. The third-order valence-corrected chi connectivity index (χ3v) is 6.07. The van der Waals surface area contributed by atoms with Crippen molar-refractivity contribution in [3.8, 4) is 5.75 Å². The lowest BCUT2D eigenvalue weighted by atomic mass is 9.84. The Balaban J connectivity index is 0.000000960. The summed E-state index contributed by atoms with van der Waals surface area (Å²) in [6, 6.07) is 7.80. The van der Waals surface area contributed by atoms with Gasteiger partial charge in [-0.2, -0.15) is 0 Å².